The summed E-state index contributed by atoms with van der Waals surface area (Å²) >= 11 is 0. The number of nitrogens with one attached hydrogen (secondary N) is 1. The van der Waals surface area contributed by atoms with E-state index in [2.05, 4.69) is 30.4 Å². The van der Waals surface area contributed by atoms with Gasteiger partial charge in [-0.2, -0.15) is 0 Å². The Kier molecular flexibility index (Phi) is 8.11. The smallest absolute Gasteiger partial charge is 0.220 e. The van der Waals surface area contributed by atoms with E-state index < -0.39 is 0 Å². The van der Waals surface area contributed by atoms with Crippen LogP contribution in [-0.4, -0.2) is 30.5 Å². The van der Waals surface area contributed by atoms with Gasteiger partial charge in [0.1, 0.15) is 17.3 Å². The molecule has 3 aliphatic rings. The SMILES string of the molecule is COc1ccc2c(c1)CC[C@H]1[C@@H]3[C@H](CCCCCC(=O)NCCc4ccc(O)cc4)CC(=O)[C@@]3(C)CC[C@H]21. The number of carbonyl (C=O) groups excluding carboxylic acids is 2. The fraction of sp³-hybridized carbons (Fsp3) is 0.576. The van der Waals surface area contributed by atoms with Crippen molar-refractivity contribution < 1.29 is 19.4 Å². The van der Waals surface area contributed by atoms with Gasteiger partial charge in [-0.25, -0.2) is 0 Å². The van der Waals surface area contributed by atoms with Crippen LogP contribution in [0.25, 0.3) is 0 Å². The van der Waals surface area contributed by atoms with Gasteiger partial charge in [-0.3, -0.25) is 9.59 Å². The van der Waals surface area contributed by atoms with Crippen molar-refractivity contribution in [3.63, 3.8) is 0 Å². The second-order valence-corrected chi connectivity index (χ2v) is 12.1. The highest BCUT2D eigenvalue weighted by molar-refractivity contribution is 5.87. The van der Waals surface area contributed by atoms with Gasteiger partial charge in [-0.05, 0) is 110 Å². The monoisotopic (exact) mass is 517 g/mol. The molecule has 5 heteroatoms. The van der Waals surface area contributed by atoms with E-state index in [9.17, 15) is 14.7 Å². The van der Waals surface area contributed by atoms with Gasteiger partial charge in [0, 0.05) is 24.8 Å². The van der Waals surface area contributed by atoms with Gasteiger partial charge in [0.15, 0.2) is 0 Å². The average Bonchev–Trinajstić information content (AvgIpc) is 3.18. The van der Waals surface area contributed by atoms with Gasteiger partial charge in [0.05, 0.1) is 7.11 Å². The number of Topliss-reactive ketones (excluding diaryl/α,β-unsaturated/α-hetero) is 1. The molecule has 0 spiro atoms. The molecule has 0 bridgehead atoms. The van der Waals surface area contributed by atoms with Crippen LogP contribution in [0.5, 0.6) is 11.5 Å². The first-order valence-corrected chi connectivity index (χ1v) is 14.6. The largest absolute Gasteiger partial charge is 0.508 e. The van der Waals surface area contributed by atoms with Crippen LogP contribution in [0.3, 0.4) is 0 Å². The third-order valence-electron chi connectivity index (χ3n) is 9.93. The zero-order valence-corrected chi connectivity index (χ0v) is 23.0. The number of hydrogen-bond donors (Lipinski definition) is 2. The second kappa shape index (κ2) is 11.5. The molecule has 2 saturated carbocycles. The Morgan fingerprint density at radius 2 is 1.92 bits per heavy atom. The molecule has 5 rings (SSSR count). The van der Waals surface area contributed by atoms with Gasteiger partial charge in [0.25, 0.3) is 0 Å². The molecule has 1 amide bonds. The minimum Gasteiger partial charge on any atom is -0.508 e. The Hall–Kier alpha value is -2.82. The van der Waals surface area contributed by atoms with E-state index in [-0.39, 0.29) is 17.1 Å². The van der Waals surface area contributed by atoms with Crippen molar-refractivity contribution in [1.29, 1.82) is 0 Å². The van der Waals surface area contributed by atoms with Crippen molar-refractivity contribution >= 4 is 11.7 Å². The summed E-state index contributed by atoms with van der Waals surface area (Å²) < 4.78 is 5.48. The lowest BCUT2D eigenvalue weighted by Gasteiger charge is -2.50. The van der Waals surface area contributed by atoms with Crippen LogP contribution < -0.4 is 10.1 Å². The Morgan fingerprint density at radius 3 is 2.71 bits per heavy atom. The number of phenols is 1. The first-order chi connectivity index (χ1) is 18.4. The second-order valence-electron chi connectivity index (χ2n) is 12.1. The summed E-state index contributed by atoms with van der Waals surface area (Å²) in [4.78, 5) is 25.5. The zero-order chi connectivity index (χ0) is 26.7. The highest BCUT2D eigenvalue weighted by atomic mass is 16.5. The van der Waals surface area contributed by atoms with E-state index >= 15 is 0 Å². The highest BCUT2D eigenvalue weighted by Gasteiger charge is 2.58. The topological polar surface area (TPSA) is 75.6 Å². The molecule has 2 N–H and O–H groups in total. The van der Waals surface area contributed by atoms with Crippen molar-refractivity contribution in [2.75, 3.05) is 13.7 Å². The maximum atomic E-state index is 13.3. The molecule has 5 nitrogen and oxygen atoms in total. The first-order valence-electron chi connectivity index (χ1n) is 14.6. The number of unbranched alkanes of at least 4 members (excludes halogenated alkanes) is 2. The van der Waals surface area contributed by atoms with Crippen LogP contribution in [0.4, 0.5) is 0 Å². The molecule has 2 aromatic rings. The van der Waals surface area contributed by atoms with E-state index in [0.717, 1.165) is 69.1 Å². The fourth-order valence-electron chi connectivity index (χ4n) is 7.98. The Balaban J connectivity index is 1.10. The lowest BCUT2D eigenvalue weighted by atomic mass is 9.54. The van der Waals surface area contributed by atoms with Gasteiger partial charge < -0.3 is 15.2 Å². The van der Waals surface area contributed by atoms with Gasteiger partial charge in [-0.1, -0.05) is 38.0 Å². The molecular weight excluding hydrogens is 474 g/mol. The number of carbonyl (C=O) groups is 2. The Labute approximate surface area is 227 Å². The average molecular weight is 518 g/mol. The van der Waals surface area contributed by atoms with E-state index in [1.807, 2.05) is 12.1 Å². The normalized spacial score (nSPS) is 27.8. The standard InChI is InChI=1S/C33H43NO4/c1-33-18-16-28-27-15-13-26(38-2)20-23(27)10-14-29(28)32(33)24(21-30(33)36)6-4-3-5-7-31(37)34-19-17-22-8-11-25(35)12-9-22/h8-9,11-13,15,20,24,28-29,32,35H,3-7,10,14,16-19,21H2,1-2H3,(H,34,37)/t24-,28-,29-,32+,33-/m1/s1. The van der Waals surface area contributed by atoms with E-state index in [1.165, 1.54) is 17.5 Å². The number of phenolic OH excluding ortho intramolecular Hbond substituents is 1. The maximum absolute atomic E-state index is 13.3. The molecule has 0 radical (unpaired) electrons. The third-order valence-corrected chi connectivity index (χ3v) is 9.93. The number of rotatable bonds is 10. The fourth-order valence-corrected chi connectivity index (χ4v) is 7.98. The first kappa shape index (κ1) is 26.8. The van der Waals surface area contributed by atoms with Crippen LogP contribution in [0.15, 0.2) is 42.5 Å². The minimum absolute atomic E-state index is 0.111. The summed E-state index contributed by atoms with van der Waals surface area (Å²) in [6.45, 7) is 2.88. The highest BCUT2D eigenvalue weighted by Crippen LogP contribution is 2.62. The molecule has 2 aromatic carbocycles. The number of amides is 1. The molecular formula is C33H43NO4. The lowest BCUT2D eigenvalue weighted by molar-refractivity contribution is -0.129. The van der Waals surface area contributed by atoms with Crippen LogP contribution in [0, 0.1) is 23.2 Å². The molecule has 0 aromatic heterocycles. The van der Waals surface area contributed by atoms with E-state index in [4.69, 9.17) is 4.74 Å². The lowest BCUT2D eigenvalue weighted by Crippen LogP contribution is -2.44. The number of ether oxygens (including phenoxy) is 1. The Bertz CT molecular complexity index is 1140. The Morgan fingerprint density at radius 1 is 1.11 bits per heavy atom. The number of aromatic hydroxyl groups is 1. The summed E-state index contributed by atoms with van der Waals surface area (Å²) in [7, 11) is 1.74. The van der Waals surface area contributed by atoms with Crippen molar-refractivity contribution in [3.8, 4) is 11.5 Å². The van der Waals surface area contributed by atoms with Crippen LogP contribution in [0.1, 0.15) is 87.3 Å². The number of ketones is 1. The predicted octanol–water partition coefficient (Wildman–Crippen LogP) is 6.36. The minimum atomic E-state index is -0.146. The molecule has 5 atom stereocenters. The van der Waals surface area contributed by atoms with E-state index in [1.54, 1.807) is 19.2 Å². The summed E-state index contributed by atoms with van der Waals surface area (Å²) in [6.07, 6.45) is 10.6. The van der Waals surface area contributed by atoms with Crippen molar-refractivity contribution in [3.05, 3.63) is 59.2 Å². The number of benzene rings is 2. The van der Waals surface area contributed by atoms with Crippen molar-refractivity contribution in [2.24, 2.45) is 23.2 Å². The molecule has 3 aliphatic carbocycles. The molecule has 204 valence electrons. The summed E-state index contributed by atoms with van der Waals surface area (Å²) in [5.41, 5.74) is 3.90. The van der Waals surface area contributed by atoms with E-state index in [0.29, 0.717) is 42.4 Å². The van der Waals surface area contributed by atoms with Gasteiger partial charge >= 0.3 is 0 Å². The third kappa shape index (κ3) is 5.48. The number of hydrogen-bond acceptors (Lipinski definition) is 4. The van der Waals surface area contributed by atoms with Crippen molar-refractivity contribution in [2.45, 2.75) is 83.5 Å². The quantitative estimate of drug-likeness (QED) is 0.360. The number of methoxy groups -OCH3 is 1. The van der Waals surface area contributed by atoms with Crippen LogP contribution in [-0.2, 0) is 22.4 Å². The maximum Gasteiger partial charge on any atom is 0.220 e. The van der Waals surface area contributed by atoms with Crippen LogP contribution >= 0.6 is 0 Å². The summed E-state index contributed by atoms with van der Waals surface area (Å²) in [5, 5.41) is 12.4. The van der Waals surface area contributed by atoms with Crippen molar-refractivity contribution in [1.82, 2.24) is 5.32 Å². The van der Waals surface area contributed by atoms with Crippen LogP contribution in [0.2, 0.25) is 0 Å². The van der Waals surface area contributed by atoms with Gasteiger partial charge in [-0.15, -0.1) is 0 Å². The molecule has 0 unspecified atom stereocenters. The predicted molar refractivity (Wildman–Crippen MR) is 149 cm³/mol. The number of fused-ring (bicyclic) bond motifs is 5. The van der Waals surface area contributed by atoms with Gasteiger partial charge in [0.2, 0.25) is 5.91 Å². The summed E-state index contributed by atoms with van der Waals surface area (Å²) in [5.74, 6) is 3.97. The molecule has 0 heterocycles. The molecule has 2 fully saturated rings. The summed E-state index contributed by atoms with van der Waals surface area (Å²) in [6, 6.07) is 13.7. The number of aryl methyl sites for hydroxylation is 1. The molecule has 0 saturated heterocycles. The zero-order valence-electron chi connectivity index (χ0n) is 23.0. The molecule has 38 heavy (non-hydrogen) atoms. The molecule has 0 aliphatic heterocycles.